The molecule has 2 rings (SSSR count). The van der Waals surface area contributed by atoms with Crippen molar-refractivity contribution in [2.45, 2.75) is 39.8 Å². The molecular weight excluding hydrogens is 407 g/mol. The number of aromatic hydroxyl groups is 1. The molecule has 0 radical (unpaired) electrons. The highest BCUT2D eigenvalue weighted by Gasteiger charge is 2.33. The van der Waals surface area contributed by atoms with Crippen molar-refractivity contribution in [3.8, 4) is 5.75 Å². The van der Waals surface area contributed by atoms with Crippen molar-refractivity contribution in [1.29, 1.82) is 0 Å². The maximum atomic E-state index is 12.9. The first kappa shape index (κ1) is 22.7. The van der Waals surface area contributed by atoms with Crippen LogP contribution < -0.4 is 0 Å². The van der Waals surface area contributed by atoms with Gasteiger partial charge in [-0.05, 0) is 44.6 Å². The molecule has 1 N–H and O–H groups in total. The summed E-state index contributed by atoms with van der Waals surface area (Å²) in [5.74, 6) is -1.01. The molecular formula is C21H21ClF3NO3. The van der Waals surface area contributed by atoms with E-state index < -0.39 is 17.7 Å². The van der Waals surface area contributed by atoms with Crippen LogP contribution in [-0.4, -0.2) is 30.1 Å². The fourth-order valence-electron chi connectivity index (χ4n) is 2.79. The van der Waals surface area contributed by atoms with Crippen LogP contribution in [0.1, 0.15) is 43.1 Å². The highest BCUT2D eigenvalue weighted by atomic mass is 35.5. The first-order valence-electron chi connectivity index (χ1n) is 8.74. The maximum Gasteiger partial charge on any atom is 0.416 e. The zero-order valence-corrected chi connectivity index (χ0v) is 17.2. The van der Waals surface area contributed by atoms with Gasteiger partial charge in [0.1, 0.15) is 11.3 Å². The predicted molar refractivity (Wildman–Crippen MR) is 106 cm³/mol. The molecule has 0 unspecified atom stereocenters. The summed E-state index contributed by atoms with van der Waals surface area (Å²) in [6.07, 6.45) is -2.11. The van der Waals surface area contributed by atoms with Gasteiger partial charge in [-0.1, -0.05) is 23.3 Å². The van der Waals surface area contributed by atoms with Gasteiger partial charge in [-0.25, -0.2) is 4.79 Å². The highest BCUT2D eigenvalue weighted by Crippen LogP contribution is 2.34. The summed E-state index contributed by atoms with van der Waals surface area (Å²) < 4.78 is 43.3. The van der Waals surface area contributed by atoms with Gasteiger partial charge in [-0.15, -0.1) is 0 Å². The molecule has 156 valence electrons. The van der Waals surface area contributed by atoms with Gasteiger partial charge >= 0.3 is 12.1 Å². The third-order valence-corrected chi connectivity index (χ3v) is 4.85. The summed E-state index contributed by atoms with van der Waals surface area (Å²) >= 11 is 6.21. The summed E-state index contributed by atoms with van der Waals surface area (Å²) in [5, 5.41) is 10.7. The molecule has 29 heavy (non-hydrogen) atoms. The van der Waals surface area contributed by atoms with E-state index >= 15 is 0 Å². The van der Waals surface area contributed by atoms with Gasteiger partial charge in [0, 0.05) is 34.8 Å². The van der Waals surface area contributed by atoms with Crippen molar-refractivity contribution < 1.29 is 27.8 Å². The van der Waals surface area contributed by atoms with Gasteiger partial charge in [-0.2, -0.15) is 13.2 Å². The monoisotopic (exact) mass is 427 g/mol. The van der Waals surface area contributed by atoms with Crippen LogP contribution in [0.4, 0.5) is 13.2 Å². The SMILES string of the molecule is COC(=O)c1ccc(Cl)c(CC(/N=C2\CC=C(C(F)(F)F)C=C2C)=C(C)C)c1O. The lowest BCUT2D eigenvalue weighted by Gasteiger charge is -2.17. The Labute approximate surface area is 172 Å². The average molecular weight is 428 g/mol. The van der Waals surface area contributed by atoms with E-state index in [1.165, 1.54) is 19.2 Å². The average Bonchev–Trinajstić information content (AvgIpc) is 2.63. The van der Waals surface area contributed by atoms with Crippen molar-refractivity contribution in [3.63, 3.8) is 0 Å². The number of hydrogen-bond donors (Lipinski definition) is 1. The molecule has 0 heterocycles. The van der Waals surface area contributed by atoms with Crippen LogP contribution in [0.5, 0.6) is 5.75 Å². The van der Waals surface area contributed by atoms with Crippen molar-refractivity contribution in [2.75, 3.05) is 7.11 Å². The van der Waals surface area contributed by atoms with Crippen LogP contribution in [0, 0.1) is 0 Å². The highest BCUT2D eigenvalue weighted by molar-refractivity contribution is 6.31. The van der Waals surface area contributed by atoms with E-state index in [1.54, 1.807) is 20.8 Å². The van der Waals surface area contributed by atoms with Gasteiger partial charge in [0.15, 0.2) is 0 Å². The largest absolute Gasteiger partial charge is 0.507 e. The number of methoxy groups -OCH3 is 1. The molecule has 0 saturated heterocycles. The van der Waals surface area contributed by atoms with Crippen LogP contribution in [0.3, 0.4) is 0 Å². The lowest BCUT2D eigenvalue weighted by molar-refractivity contribution is -0.0884. The smallest absolute Gasteiger partial charge is 0.416 e. The minimum atomic E-state index is -4.40. The van der Waals surface area contributed by atoms with E-state index in [1.807, 2.05) is 0 Å². The van der Waals surface area contributed by atoms with Crippen LogP contribution >= 0.6 is 11.6 Å². The third kappa shape index (κ3) is 5.29. The van der Waals surface area contributed by atoms with Gasteiger partial charge in [0.05, 0.1) is 12.7 Å². The van der Waals surface area contributed by atoms with E-state index in [4.69, 9.17) is 11.6 Å². The number of esters is 1. The van der Waals surface area contributed by atoms with Crippen LogP contribution in [0.15, 0.2) is 51.7 Å². The molecule has 0 atom stereocenters. The Balaban J connectivity index is 2.41. The number of alkyl halides is 3. The minimum Gasteiger partial charge on any atom is -0.507 e. The number of phenolic OH excluding ortho intramolecular Hbond substituents is 1. The number of allylic oxidation sites excluding steroid dienone is 6. The maximum absolute atomic E-state index is 12.9. The summed E-state index contributed by atoms with van der Waals surface area (Å²) in [6, 6.07) is 2.83. The zero-order chi connectivity index (χ0) is 21.9. The predicted octanol–water partition coefficient (Wildman–Crippen LogP) is 5.95. The van der Waals surface area contributed by atoms with Gasteiger partial charge in [-0.3, -0.25) is 4.99 Å². The number of phenols is 1. The quantitative estimate of drug-likeness (QED) is 0.604. The first-order valence-corrected chi connectivity index (χ1v) is 9.12. The van der Waals surface area contributed by atoms with E-state index in [9.17, 15) is 23.1 Å². The van der Waals surface area contributed by atoms with Crippen LogP contribution in [0.2, 0.25) is 5.02 Å². The number of carbonyl (C=O) groups is 1. The molecule has 4 nitrogen and oxygen atoms in total. The van der Waals surface area contributed by atoms with Crippen molar-refractivity contribution >= 4 is 23.3 Å². The molecule has 1 aromatic rings. The second-order valence-electron chi connectivity index (χ2n) is 6.78. The fourth-order valence-corrected chi connectivity index (χ4v) is 3.01. The number of rotatable bonds is 4. The molecule has 0 bridgehead atoms. The number of hydrogen-bond acceptors (Lipinski definition) is 4. The zero-order valence-electron chi connectivity index (χ0n) is 16.4. The Kier molecular flexibility index (Phi) is 6.95. The van der Waals surface area contributed by atoms with Gasteiger partial charge in [0.25, 0.3) is 0 Å². The lowest BCUT2D eigenvalue weighted by Crippen LogP contribution is -2.16. The molecule has 0 amide bonds. The van der Waals surface area contributed by atoms with Crippen LogP contribution in [0.25, 0.3) is 0 Å². The van der Waals surface area contributed by atoms with E-state index in [0.717, 1.165) is 17.7 Å². The first-order chi connectivity index (χ1) is 13.5. The fraction of sp³-hybridized carbons (Fsp3) is 0.333. The normalized spacial score (nSPS) is 15.7. The molecule has 0 spiro atoms. The van der Waals surface area contributed by atoms with Crippen molar-refractivity contribution in [3.05, 3.63) is 62.9 Å². The second kappa shape index (κ2) is 8.86. The number of halogens is 4. The van der Waals surface area contributed by atoms with Crippen LogP contribution in [-0.2, 0) is 11.2 Å². The molecule has 8 heteroatoms. The third-order valence-electron chi connectivity index (χ3n) is 4.49. The summed E-state index contributed by atoms with van der Waals surface area (Å²) in [5.41, 5.74) is 1.81. The Bertz CT molecular complexity index is 953. The Morgan fingerprint density at radius 2 is 1.97 bits per heavy atom. The number of carbonyl (C=O) groups excluding carboxylic acids is 1. The molecule has 0 aromatic heterocycles. The summed E-state index contributed by atoms with van der Waals surface area (Å²) in [7, 11) is 1.20. The summed E-state index contributed by atoms with van der Waals surface area (Å²) in [4.78, 5) is 16.4. The Morgan fingerprint density at radius 1 is 1.31 bits per heavy atom. The minimum absolute atomic E-state index is 0.0286. The molecule has 1 aliphatic carbocycles. The molecule has 0 aliphatic heterocycles. The van der Waals surface area contributed by atoms with Gasteiger partial charge in [0.2, 0.25) is 0 Å². The standard InChI is InChI=1S/C21H21ClF3NO3/c1-11(2)18(26-17-8-5-13(9-12(17)3)21(23,24)25)10-15-16(22)7-6-14(19(15)27)20(28)29-4/h5-7,9,27H,8,10H2,1-4H3/b26-17+. The van der Waals surface area contributed by atoms with E-state index in [0.29, 0.717) is 22.5 Å². The number of ether oxygens (including phenoxy) is 1. The number of aliphatic imine (C=N–C) groups is 1. The molecule has 1 aromatic carbocycles. The topological polar surface area (TPSA) is 58.9 Å². The molecule has 0 saturated carbocycles. The second-order valence-corrected chi connectivity index (χ2v) is 7.19. The van der Waals surface area contributed by atoms with Crippen molar-refractivity contribution in [2.24, 2.45) is 4.99 Å². The molecule has 0 fully saturated rings. The molecule has 1 aliphatic rings. The number of nitrogens with zero attached hydrogens (tertiary/aromatic N) is 1. The van der Waals surface area contributed by atoms with Gasteiger partial charge < -0.3 is 9.84 Å². The van der Waals surface area contributed by atoms with E-state index in [-0.39, 0.29) is 29.2 Å². The Hall–Kier alpha value is -2.54. The lowest BCUT2D eigenvalue weighted by atomic mass is 9.97. The summed E-state index contributed by atoms with van der Waals surface area (Å²) in [6.45, 7) is 5.17. The number of benzene rings is 1. The van der Waals surface area contributed by atoms with Crippen molar-refractivity contribution in [1.82, 2.24) is 0 Å². The Morgan fingerprint density at radius 3 is 2.48 bits per heavy atom. The van der Waals surface area contributed by atoms with E-state index in [2.05, 4.69) is 9.73 Å².